The molecular weight excluding hydrogens is 400 g/mol. The summed E-state index contributed by atoms with van der Waals surface area (Å²) in [6.45, 7) is 1.98. The Labute approximate surface area is 176 Å². The van der Waals surface area contributed by atoms with Crippen molar-refractivity contribution in [3.05, 3.63) is 77.1 Å². The molecule has 1 aliphatic rings. The lowest BCUT2D eigenvalue weighted by molar-refractivity contribution is -0.134. The molecule has 0 spiro atoms. The molecule has 0 saturated heterocycles. The number of hydrogen-bond acceptors (Lipinski definition) is 7. The molecule has 0 radical (unpaired) electrons. The van der Waals surface area contributed by atoms with Gasteiger partial charge < -0.3 is 4.42 Å². The third-order valence-corrected chi connectivity index (χ3v) is 5.76. The van der Waals surface area contributed by atoms with Crippen LogP contribution in [-0.4, -0.2) is 36.8 Å². The maximum atomic E-state index is 13.1. The van der Waals surface area contributed by atoms with Crippen LogP contribution in [-0.2, 0) is 11.3 Å². The molecule has 9 heteroatoms. The molecule has 1 unspecified atom stereocenters. The number of furan rings is 1. The van der Waals surface area contributed by atoms with Crippen LogP contribution in [0.5, 0.6) is 0 Å². The van der Waals surface area contributed by atoms with Crippen LogP contribution in [0.15, 0.2) is 69.7 Å². The fraction of sp³-hybridized carbons (Fsp3) is 0.190. The van der Waals surface area contributed by atoms with Crippen molar-refractivity contribution in [3.8, 4) is 10.7 Å². The van der Waals surface area contributed by atoms with E-state index in [0.29, 0.717) is 18.0 Å². The van der Waals surface area contributed by atoms with Crippen molar-refractivity contribution >= 4 is 23.0 Å². The zero-order valence-corrected chi connectivity index (χ0v) is 17.0. The standard InChI is InChI=1S/C21H18N6O2S/c1-14-6-8-15(9-7-14)16-12-17(18-4-2-10-29-18)27(23-16)20(28)13-26-24-21(22-25-26)19-5-3-11-30-19/h2-11,17H,12-13H2,1H3. The van der Waals surface area contributed by atoms with E-state index in [-0.39, 0.29) is 18.5 Å². The SMILES string of the molecule is Cc1ccc(C2=NN(C(=O)Cn3nnc(-c4cccs4)n3)C(c3ccco3)C2)cc1. The molecule has 8 nitrogen and oxygen atoms in total. The molecule has 0 bridgehead atoms. The predicted octanol–water partition coefficient (Wildman–Crippen LogP) is 3.68. The van der Waals surface area contributed by atoms with Gasteiger partial charge in [-0.3, -0.25) is 4.79 Å². The molecule has 30 heavy (non-hydrogen) atoms. The molecule has 0 N–H and O–H groups in total. The van der Waals surface area contributed by atoms with Gasteiger partial charge in [0.1, 0.15) is 18.3 Å². The number of nitrogens with zero attached hydrogens (tertiary/aromatic N) is 6. The highest BCUT2D eigenvalue weighted by molar-refractivity contribution is 7.13. The molecule has 0 fully saturated rings. The molecule has 3 aromatic heterocycles. The molecule has 150 valence electrons. The highest BCUT2D eigenvalue weighted by Crippen LogP contribution is 2.33. The van der Waals surface area contributed by atoms with Crippen LogP contribution in [0, 0.1) is 6.92 Å². The maximum absolute atomic E-state index is 13.1. The van der Waals surface area contributed by atoms with Gasteiger partial charge in [-0.1, -0.05) is 35.9 Å². The Morgan fingerprint density at radius 2 is 2.07 bits per heavy atom. The van der Waals surface area contributed by atoms with Gasteiger partial charge in [0.15, 0.2) is 0 Å². The van der Waals surface area contributed by atoms with Crippen molar-refractivity contribution in [3.63, 3.8) is 0 Å². The average Bonchev–Trinajstić information content (AvgIpc) is 3.55. The minimum absolute atomic E-state index is 0.0553. The minimum atomic E-state index is -0.302. The van der Waals surface area contributed by atoms with Gasteiger partial charge in [0, 0.05) is 6.42 Å². The van der Waals surface area contributed by atoms with E-state index in [2.05, 4.69) is 20.5 Å². The van der Waals surface area contributed by atoms with E-state index in [4.69, 9.17) is 4.42 Å². The Bertz CT molecular complexity index is 1180. The summed E-state index contributed by atoms with van der Waals surface area (Å²) in [5.74, 6) is 0.972. The summed E-state index contributed by atoms with van der Waals surface area (Å²) in [6, 6.07) is 15.3. The smallest absolute Gasteiger partial charge is 0.267 e. The van der Waals surface area contributed by atoms with Crippen molar-refractivity contribution in [1.82, 2.24) is 25.2 Å². The molecule has 0 saturated carbocycles. The Morgan fingerprint density at radius 1 is 1.20 bits per heavy atom. The number of hydrazone groups is 1. The third kappa shape index (κ3) is 3.55. The average molecular weight is 418 g/mol. The van der Waals surface area contributed by atoms with Crippen molar-refractivity contribution in [2.24, 2.45) is 5.10 Å². The number of hydrogen-bond donors (Lipinski definition) is 0. The zero-order valence-electron chi connectivity index (χ0n) is 16.2. The summed E-state index contributed by atoms with van der Waals surface area (Å²) in [7, 11) is 0. The number of thiophene rings is 1. The largest absolute Gasteiger partial charge is 0.467 e. The van der Waals surface area contributed by atoms with Gasteiger partial charge in [0.05, 0.1) is 16.9 Å². The van der Waals surface area contributed by atoms with Crippen molar-refractivity contribution in [2.75, 3.05) is 0 Å². The summed E-state index contributed by atoms with van der Waals surface area (Å²) in [4.78, 5) is 15.3. The Hall–Kier alpha value is -3.59. The Balaban J connectivity index is 1.40. The van der Waals surface area contributed by atoms with Gasteiger partial charge in [-0.25, -0.2) is 5.01 Å². The van der Waals surface area contributed by atoms with E-state index in [1.807, 2.05) is 60.8 Å². The second kappa shape index (κ2) is 7.68. The summed E-state index contributed by atoms with van der Waals surface area (Å²) in [5.41, 5.74) is 3.01. The normalized spacial score (nSPS) is 16.1. The van der Waals surface area contributed by atoms with Crippen LogP contribution in [0.4, 0.5) is 0 Å². The molecule has 1 atom stereocenters. The molecule has 1 aromatic carbocycles. The van der Waals surface area contributed by atoms with Crippen LogP contribution in [0.25, 0.3) is 10.7 Å². The maximum Gasteiger partial charge on any atom is 0.267 e. The van der Waals surface area contributed by atoms with Crippen molar-refractivity contribution in [1.29, 1.82) is 0 Å². The topological polar surface area (TPSA) is 89.4 Å². The summed E-state index contributed by atoms with van der Waals surface area (Å²) in [6.07, 6.45) is 2.18. The van der Waals surface area contributed by atoms with Crippen molar-refractivity contribution < 1.29 is 9.21 Å². The predicted molar refractivity (Wildman–Crippen MR) is 112 cm³/mol. The number of benzene rings is 1. The number of carbonyl (C=O) groups excluding carboxylic acids is 1. The number of amides is 1. The van der Waals surface area contributed by atoms with Crippen LogP contribution in [0.2, 0.25) is 0 Å². The molecule has 4 heterocycles. The first kappa shape index (κ1) is 18.4. The van der Waals surface area contributed by atoms with Gasteiger partial charge >= 0.3 is 0 Å². The monoisotopic (exact) mass is 418 g/mol. The molecule has 5 rings (SSSR count). The lowest BCUT2D eigenvalue weighted by Crippen LogP contribution is -2.31. The first-order chi connectivity index (χ1) is 14.7. The van der Waals surface area contributed by atoms with E-state index < -0.39 is 0 Å². The zero-order chi connectivity index (χ0) is 20.5. The van der Waals surface area contributed by atoms with E-state index in [0.717, 1.165) is 16.2 Å². The van der Waals surface area contributed by atoms with Crippen LogP contribution < -0.4 is 0 Å². The Morgan fingerprint density at radius 3 is 2.80 bits per heavy atom. The summed E-state index contributed by atoms with van der Waals surface area (Å²) < 4.78 is 5.59. The fourth-order valence-electron chi connectivity index (χ4n) is 3.37. The van der Waals surface area contributed by atoms with E-state index in [9.17, 15) is 4.79 Å². The molecule has 0 aliphatic carbocycles. The molecule has 1 aliphatic heterocycles. The van der Waals surface area contributed by atoms with Gasteiger partial charge in [0.2, 0.25) is 5.82 Å². The Kier molecular flexibility index (Phi) is 4.72. The molecular formula is C21H18N6O2S. The van der Waals surface area contributed by atoms with E-state index in [1.165, 1.54) is 26.7 Å². The first-order valence-electron chi connectivity index (χ1n) is 9.49. The van der Waals surface area contributed by atoms with Gasteiger partial charge in [-0.05, 0) is 41.3 Å². The minimum Gasteiger partial charge on any atom is -0.467 e. The lowest BCUT2D eigenvalue weighted by Gasteiger charge is -2.19. The summed E-state index contributed by atoms with van der Waals surface area (Å²) >= 11 is 1.52. The lowest BCUT2D eigenvalue weighted by atomic mass is 10.0. The van der Waals surface area contributed by atoms with Gasteiger partial charge in [-0.15, -0.1) is 21.5 Å². The molecule has 1 amide bonds. The van der Waals surface area contributed by atoms with Gasteiger partial charge in [0.25, 0.3) is 5.91 Å². The number of rotatable bonds is 5. The fourth-order valence-corrected chi connectivity index (χ4v) is 4.02. The number of aryl methyl sites for hydroxylation is 1. The third-order valence-electron chi connectivity index (χ3n) is 4.89. The first-order valence-corrected chi connectivity index (χ1v) is 10.4. The quantitative estimate of drug-likeness (QED) is 0.493. The van der Waals surface area contributed by atoms with Gasteiger partial charge in [-0.2, -0.15) is 9.90 Å². The second-order valence-electron chi connectivity index (χ2n) is 7.01. The second-order valence-corrected chi connectivity index (χ2v) is 7.95. The van der Waals surface area contributed by atoms with Crippen molar-refractivity contribution in [2.45, 2.75) is 25.9 Å². The highest BCUT2D eigenvalue weighted by Gasteiger charge is 2.35. The number of tetrazole rings is 1. The van der Waals surface area contributed by atoms with Crippen LogP contribution in [0.3, 0.4) is 0 Å². The highest BCUT2D eigenvalue weighted by atomic mass is 32.1. The van der Waals surface area contributed by atoms with E-state index in [1.54, 1.807) is 6.26 Å². The molecule has 4 aromatic rings. The van der Waals surface area contributed by atoms with Crippen LogP contribution in [0.1, 0.15) is 29.3 Å². The van der Waals surface area contributed by atoms with E-state index >= 15 is 0 Å². The number of aromatic nitrogens is 4. The number of carbonyl (C=O) groups is 1. The van der Waals surface area contributed by atoms with Crippen LogP contribution >= 0.6 is 11.3 Å². The summed E-state index contributed by atoms with van der Waals surface area (Å²) in [5, 5.41) is 20.4.